The first-order chi connectivity index (χ1) is 13.4. The van der Waals surface area contributed by atoms with Gasteiger partial charge in [0.1, 0.15) is 0 Å². The van der Waals surface area contributed by atoms with E-state index in [1.807, 2.05) is 36.8 Å². The first-order valence-electron chi connectivity index (χ1n) is 9.87. The Labute approximate surface area is 165 Å². The molecule has 4 rings (SSSR count). The number of carbonyl (C=O) groups excluding carboxylic acids is 1. The van der Waals surface area contributed by atoms with Crippen molar-refractivity contribution in [3.63, 3.8) is 0 Å². The average molecular weight is 380 g/mol. The standard InChI is InChI=1S/C21H28N6O/c1-13-18(12-24-27(13)3)20-16(10-19(28)26(20)2)11-23-21(22)25-17-8-7-14-5-4-6-15(14)9-17/h7-9,12,16,20H,4-6,10-11H2,1-3H3,(H3,22,23,25)/t16-,20+/m0/s1. The summed E-state index contributed by atoms with van der Waals surface area (Å²) >= 11 is 0. The maximum atomic E-state index is 12.3. The molecule has 7 nitrogen and oxygen atoms in total. The topological polar surface area (TPSA) is 88.5 Å². The number of amides is 1. The summed E-state index contributed by atoms with van der Waals surface area (Å²) < 4.78 is 1.84. The maximum Gasteiger partial charge on any atom is 0.223 e. The zero-order chi connectivity index (χ0) is 19.8. The van der Waals surface area contributed by atoms with Crippen LogP contribution in [0.15, 0.2) is 29.4 Å². The van der Waals surface area contributed by atoms with Gasteiger partial charge in [-0.2, -0.15) is 5.10 Å². The highest BCUT2D eigenvalue weighted by Gasteiger charge is 2.39. The number of anilines is 1. The third kappa shape index (κ3) is 3.37. The predicted octanol–water partition coefficient (Wildman–Crippen LogP) is 2.16. The van der Waals surface area contributed by atoms with Crippen LogP contribution in [-0.4, -0.2) is 40.1 Å². The number of fused-ring (bicyclic) bond motifs is 1. The minimum atomic E-state index is -0.0160. The van der Waals surface area contributed by atoms with E-state index in [1.54, 1.807) is 0 Å². The Hall–Kier alpha value is -2.83. The summed E-state index contributed by atoms with van der Waals surface area (Å²) in [6, 6.07) is 6.38. The normalized spacial score (nSPS) is 22.0. The van der Waals surface area contributed by atoms with Crippen LogP contribution in [0.4, 0.5) is 5.69 Å². The van der Waals surface area contributed by atoms with Crippen LogP contribution in [0.1, 0.15) is 41.3 Å². The van der Waals surface area contributed by atoms with Crippen molar-refractivity contribution in [3.05, 3.63) is 46.8 Å². The monoisotopic (exact) mass is 380 g/mol. The van der Waals surface area contributed by atoms with Gasteiger partial charge in [0.15, 0.2) is 5.96 Å². The van der Waals surface area contributed by atoms with E-state index in [0.29, 0.717) is 18.9 Å². The largest absolute Gasteiger partial charge is 0.370 e. The molecule has 2 aliphatic rings. The van der Waals surface area contributed by atoms with Crippen LogP contribution in [0.25, 0.3) is 0 Å². The number of nitrogens with one attached hydrogen (secondary N) is 1. The summed E-state index contributed by atoms with van der Waals surface area (Å²) in [6.07, 6.45) is 5.85. The lowest BCUT2D eigenvalue weighted by Gasteiger charge is -2.24. The molecule has 3 N–H and O–H groups in total. The highest BCUT2D eigenvalue weighted by molar-refractivity contribution is 5.92. The number of rotatable bonds is 4. The fourth-order valence-electron chi connectivity index (χ4n) is 4.44. The van der Waals surface area contributed by atoms with Crippen molar-refractivity contribution in [1.82, 2.24) is 14.7 Å². The van der Waals surface area contributed by atoms with Crippen LogP contribution < -0.4 is 11.1 Å². The van der Waals surface area contributed by atoms with Gasteiger partial charge >= 0.3 is 0 Å². The van der Waals surface area contributed by atoms with Gasteiger partial charge in [0.25, 0.3) is 0 Å². The van der Waals surface area contributed by atoms with Gasteiger partial charge in [0.05, 0.1) is 12.2 Å². The molecular weight excluding hydrogens is 352 g/mol. The highest BCUT2D eigenvalue weighted by atomic mass is 16.2. The molecule has 7 heteroatoms. The fraction of sp³-hybridized carbons (Fsp3) is 0.476. The molecule has 1 fully saturated rings. The van der Waals surface area contributed by atoms with Gasteiger partial charge in [-0.15, -0.1) is 0 Å². The summed E-state index contributed by atoms with van der Waals surface area (Å²) in [5.41, 5.74) is 12.1. The summed E-state index contributed by atoms with van der Waals surface area (Å²) in [7, 11) is 3.77. The summed E-state index contributed by atoms with van der Waals surface area (Å²) in [4.78, 5) is 18.7. The number of guanidine groups is 1. The molecule has 0 radical (unpaired) electrons. The van der Waals surface area contributed by atoms with E-state index in [0.717, 1.165) is 29.8 Å². The number of aliphatic imine (C=N–C) groups is 1. The molecule has 1 amide bonds. The van der Waals surface area contributed by atoms with Crippen LogP contribution in [0.3, 0.4) is 0 Å². The lowest BCUT2D eigenvalue weighted by Crippen LogP contribution is -2.27. The molecular formula is C21H28N6O. The predicted molar refractivity (Wildman–Crippen MR) is 110 cm³/mol. The van der Waals surface area contributed by atoms with Crippen molar-refractivity contribution >= 4 is 17.6 Å². The Kier molecular flexibility index (Phi) is 4.83. The quantitative estimate of drug-likeness (QED) is 0.628. The Bertz CT molecular complexity index is 931. The first-order valence-corrected chi connectivity index (χ1v) is 9.87. The van der Waals surface area contributed by atoms with Crippen molar-refractivity contribution in [3.8, 4) is 0 Å². The van der Waals surface area contributed by atoms with Crippen molar-refractivity contribution < 1.29 is 4.79 Å². The van der Waals surface area contributed by atoms with E-state index in [4.69, 9.17) is 5.73 Å². The Morgan fingerprint density at radius 1 is 1.32 bits per heavy atom. The number of aromatic nitrogens is 2. The van der Waals surface area contributed by atoms with Crippen LogP contribution in [0.2, 0.25) is 0 Å². The van der Waals surface area contributed by atoms with E-state index < -0.39 is 0 Å². The Morgan fingerprint density at radius 2 is 2.11 bits per heavy atom. The average Bonchev–Trinajstić information content (AvgIpc) is 3.33. The van der Waals surface area contributed by atoms with E-state index in [9.17, 15) is 4.79 Å². The highest BCUT2D eigenvalue weighted by Crippen LogP contribution is 2.38. The number of nitrogens with zero attached hydrogens (tertiary/aromatic N) is 4. The number of carbonyl (C=O) groups is 1. The molecule has 148 valence electrons. The van der Waals surface area contributed by atoms with Crippen LogP contribution in [0, 0.1) is 12.8 Å². The minimum absolute atomic E-state index is 0.0160. The summed E-state index contributed by atoms with van der Waals surface area (Å²) in [6.45, 7) is 2.53. The van der Waals surface area contributed by atoms with Gasteiger partial charge in [-0.25, -0.2) is 0 Å². The molecule has 0 unspecified atom stereocenters. The molecule has 1 saturated heterocycles. The van der Waals surface area contributed by atoms with Crippen LogP contribution in [-0.2, 0) is 24.7 Å². The minimum Gasteiger partial charge on any atom is -0.370 e. The van der Waals surface area contributed by atoms with Crippen molar-refractivity contribution in [2.75, 3.05) is 18.9 Å². The zero-order valence-electron chi connectivity index (χ0n) is 16.8. The van der Waals surface area contributed by atoms with Crippen molar-refractivity contribution in [2.24, 2.45) is 23.7 Å². The molecule has 0 spiro atoms. The number of hydrogen-bond donors (Lipinski definition) is 2. The third-order valence-corrected chi connectivity index (χ3v) is 6.15. The van der Waals surface area contributed by atoms with Crippen molar-refractivity contribution in [2.45, 2.75) is 38.6 Å². The van der Waals surface area contributed by atoms with Gasteiger partial charge in [-0.1, -0.05) is 6.07 Å². The SMILES string of the molecule is Cc1c([C@H]2[C@H](CN=C(N)Nc3ccc4c(c3)CCC4)CC(=O)N2C)cnn1C. The van der Waals surface area contributed by atoms with Gasteiger partial charge in [0.2, 0.25) is 5.91 Å². The second-order valence-corrected chi connectivity index (χ2v) is 7.91. The number of likely N-dealkylation sites (tertiary alicyclic amines) is 1. The molecule has 2 aromatic rings. The molecule has 1 aliphatic heterocycles. The third-order valence-electron chi connectivity index (χ3n) is 6.15. The van der Waals surface area contributed by atoms with Gasteiger partial charge in [-0.3, -0.25) is 14.5 Å². The lowest BCUT2D eigenvalue weighted by atomic mass is 9.94. The van der Waals surface area contributed by atoms with E-state index in [-0.39, 0.29) is 17.9 Å². The molecule has 0 saturated carbocycles. The second-order valence-electron chi connectivity index (χ2n) is 7.91. The van der Waals surface area contributed by atoms with Crippen LogP contribution >= 0.6 is 0 Å². The molecule has 1 aromatic carbocycles. The Morgan fingerprint density at radius 3 is 2.86 bits per heavy atom. The fourth-order valence-corrected chi connectivity index (χ4v) is 4.44. The van der Waals surface area contributed by atoms with E-state index in [1.165, 1.54) is 17.5 Å². The smallest absolute Gasteiger partial charge is 0.223 e. The van der Waals surface area contributed by atoms with Gasteiger partial charge in [-0.05, 0) is 49.4 Å². The van der Waals surface area contributed by atoms with E-state index >= 15 is 0 Å². The van der Waals surface area contributed by atoms with Crippen molar-refractivity contribution in [1.29, 1.82) is 0 Å². The molecule has 1 aliphatic carbocycles. The number of aryl methyl sites for hydroxylation is 3. The van der Waals surface area contributed by atoms with Gasteiger partial charge in [0, 0.05) is 49.9 Å². The number of hydrogen-bond acceptors (Lipinski definition) is 3. The molecule has 28 heavy (non-hydrogen) atoms. The number of benzene rings is 1. The lowest BCUT2D eigenvalue weighted by molar-refractivity contribution is -0.127. The molecule has 0 bridgehead atoms. The van der Waals surface area contributed by atoms with Crippen LogP contribution in [0.5, 0.6) is 0 Å². The summed E-state index contributed by atoms with van der Waals surface area (Å²) in [5, 5.41) is 7.54. The molecule has 2 heterocycles. The molecule has 2 atom stereocenters. The summed E-state index contributed by atoms with van der Waals surface area (Å²) in [5.74, 6) is 0.612. The Balaban J connectivity index is 1.47. The zero-order valence-corrected chi connectivity index (χ0v) is 16.8. The second kappa shape index (κ2) is 7.30. The molecule has 1 aromatic heterocycles. The van der Waals surface area contributed by atoms with Gasteiger partial charge < -0.3 is 16.0 Å². The number of nitrogens with two attached hydrogens (primary N) is 1. The first kappa shape index (κ1) is 18.5. The van der Waals surface area contributed by atoms with E-state index in [2.05, 4.69) is 33.6 Å². The maximum absolute atomic E-state index is 12.3.